The van der Waals surface area contributed by atoms with Crippen molar-refractivity contribution in [1.82, 2.24) is 10.3 Å². The van der Waals surface area contributed by atoms with Crippen LogP contribution in [0.3, 0.4) is 0 Å². The van der Waals surface area contributed by atoms with E-state index in [4.69, 9.17) is 9.15 Å². The molecule has 1 aliphatic rings. The van der Waals surface area contributed by atoms with Gasteiger partial charge < -0.3 is 14.5 Å². The van der Waals surface area contributed by atoms with Crippen molar-refractivity contribution in [3.8, 4) is 11.3 Å². The molecule has 0 amide bonds. The van der Waals surface area contributed by atoms with Crippen molar-refractivity contribution in [3.63, 3.8) is 0 Å². The lowest BCUT2D eigenvalue weighted by Gasteiger charge is -2.18. The number of hydrogen-bond acceptors (Lipinski definition) is 4. The molecule has 0 unspecified atom stereocenters. The smallest absolute Gasteiger partial charge is 0.208 e. The summed E-state index contributed by atoms with van der Waals surface area (Å²) in [6.07, 6.45) is 1.79. The van der Waals surface area contributed by atoms with Crippen molar-refractivity contribution < 1.29 is 9.15 Å². The third kappa shape index (κ3) is 2.92. The zero-order chi connectivity index (χ0) is 14.2. The van der Waals surface area contributed by atoms with Crippen LogP contribution in [0, 0.1) is 0 Å². The molecule has 4 heteroatoms. The van der Waals surface area contributed by atoms with E-state index in [9.17, 15) is 0 Å². The Morgan fingerprint density at radius 1 is 1.20 bits per heavy atom. The Morgan fingerprint density at radius 3 is 2.80 bits per heavy atom. The van der Waals surface area contributed by atoms with Crippen molar-refractivity contribution in [2.24, 2.45) is 0 Å². The molecule has 0 spiro atoms. The maximum Gasteiger partial charge on any atom is 0.208 e. The minimum absolute atomic E-state index is 0.0551. The summed E-state index contributed by atoms with van der Waals surface area (Å²) in [5.74, 6) is 1.53. The minimum atomic E-state index is 0.0551. The first-order chi connectivity index (χ1) is 9.51. The Labute approximate surface area is 119 Å². The Morgan fingerprint density at radius 2 is 2.00 bits per heavy atom. The van der Waals surface area contributed by atoms with Crippen molar-refractivity contribution in [1.29, 1.82) is 0 Å². The van der Waals surface area contributed by atoms with Gasteiger partial charge in [-0.05, 0) is 38.0 Å². The van der Waals surface area contributed by atoms with E-state index in [0.717, 1.165) is 11.3 Å². The third-order valence-corrected chi connectivity index (χ3v) is 3.33. The van der Waals surface area contributed by atoms with Gasteiger partial charge in [0.05, 0.1) is 26.0 Å². The molecule has 0 bridgehead atoms. The molecule has 20 heavy (non-hydrogen) atoms. The first-order valence-electron chi connectivity index (χ1n) is 6.91. The first kappa shape index (κ1) is 13.3. The molecule has 2 aromatic rings. The molecule has 0 fully saturated rings. The van der Waals surface area contributed by atoms with E-state index in [-0.39, 0.29) is 5.54 Å². The molecule has 106 valence electrons. The number of nitrogens with one attached hydrogen (secondary N) is 1. The van der Waals surface area contributed by atoms with Crippen LogP contribution < -0.4 is 5.32 Å². The standard InChI is InChI=1S/C16H20N2O2/c1-16(2,3)18-8-15-17-7-14(20-15)11-4-5-12-9-19-10-13(12)6-11/h4-7,18H,8-10H2,1-3H3. The second kappa shape index (κ2) is 5.04. The first-order valence-corrected chi connectivity index (χ1v) is 6.91. The van der Waals surface area contributed by atoms with E-state index in [1.165, 1.54) is 11.1 Å². The SMILES string of the molecule is CC(C)(C)NCc1ncc(-c2ccc3c(c2)COC3)o1. The van der Waals surface area contributed by atoms with E-state index in [0.29, 0.717) is 25.6 Å². The number of oxazole rings is 1. The predicted molar refractivity (Wildman–Crippen MR) is 77.0 cm³/mol. The van der Waals surface area contributed by atoms with E-state index >= 15 is 0 Å². The second-order valence-electron chi connectivity index (χ2n) is 6.20. The summed E-state index contributed by atoms with van der Waals surface area (Å²) >= 11 is 0. The molecule has 0 radical (unpaired) electrons. The van der Waals surface area contributed by atoms with Crippen molar-refractivity contribution in [2.75, 3.05) is 0 Å². The van der Waals surface area contributed by atoms with Crippen molar-refractivity contribution in [3.05, 3.63) is 41.4 Å². The molecular formula is C16H20N2O2. The normalized spacial score (nSPS) is 14.6. The van der Waals surface area contributed by atoms with Gasteiger partial charge >= 0.3 is 0 Å². The van der Waals surface area contributed by atoms with Gasteiger partial charge in [-0.3, -0.25) is 0 Å². The number of nitrogens with zero attached hydrogens (tertiary/aromatic N) is 1. The molecule has 1 aromatic carbocycles. The summed E-state index contributed by atoms with van der Waals surface area (Å²) < 4.78 is 11.2. The quantitative estimate of drug-likeness (QED) is 0.931. The maximum atomic E-state index is 5.81. The summed E-state index contributed by atoms with van der Waals surface area (Å²) in [4.78, 5) is 4.33. The highest BCUT2D eigenvalue weighted by atomic mass is 16.5. The fraction of sp³-hybridized carbons (Fsp3) is 0.438. The number of hydrogen-bond donors (Lipinski definition) is 1. The molecule has 0 aliphatic carbocycles. The lowest BCUT2D eigenvalue weighted by atomic mass is 10.1. The van der Waals surface area contributed by atoms with Crippen LogP contribution in [0.25, 0.3) is 11.3 Å². The average molecular weight is 272 g/mol. The monoisotopic (exact) mass is 272 g/mol. The summed E-state index contributed by atoms with van der Waals surface area (Å²) in [5, 5.41) is 3.37. The largest absolute Gasteiger partial charge is 0.439 e. The van der Waals surface area contributed by atoms with E-state index in [1.807, 2.05) is 0 Å². The fourth-order valence-corrected chi connectivity index (χ4v) is 2.19. The highest BCUT2D eigenvalue weighted by Gasteiger charge is 2.15. The van der Waals surface area contributed by atoms with Gasteiger partial charge in [-0.2, -0.15) is 0 Å². The molecule has 2 heterocycles. The summed E-state index contributed by atoms with van der Waals surface area (Å²) in [5.41, 5.74) is 3.62. The molecule has 1 aromatic heterocycles. The molecule has 3 rings (SSSR count). The van der Waals surface area contributed by atoms with E-state index in [2.05, 4.69) is 49.3 Å². The lowest BCUT2D eigenvalue weighted by molar-refractivity contribution is 0.134. The van der Waals surface area contributed by atoms with Crippen LogP contribution in [0.4, 0.5) is 0 Å². The highest BCUT2D eigenvalue weighted by Crippen LogP contribution is 2.27. The third-order valence-electron chi connectivity index (χ3n) is 3.33. The molecule has 0 saturated carbocycles. The van der Waals surface area contributed by atoms with Gasteiger partial charge in [0.2, 0.25) is 5.89 Å². The van der Waals surface area contributed by atoms with Crippen molar-refractivity contribution >= 4 is 0 Å². The van der Waals surface area contributed by atoms with Gasteiger partial charge in [0, 0.05) is 11.1 Å². The lowest BCUT2D eigenvalue weighted by Crippen LogP contribution is -2.35. The van der Waals surface area contributed by atoms with Crippen LogP contribution in [-0.4, -0.2) is 10.5 Å². The van der Waals surface area contributed by atoms with Gasteiger partial charge in [-0.25, -0.2) is 4.98 Å². The number of aromatic nitrogens is 1. The number of fused-ring (bicyclic) bond motifs is 1. The van der Waals surface area contributed by atoms with Gasteiger partial charge in [0.25, 0.3) is 0 Å². The molecular weight excluding hydrogens is 252 g/mol. The van der Waals surface area contributed by atoms with Crippen LogP contribution >= 0.6 is 0 Å². The van der Waals surface area contributed by atoms with Crippen LogP contribution in [0.15, 0.2) is 28.8 Å². The Balaban J connectivity index is 1.76. The Kier molecular flexibility index (Phi) is 3.36. The van der Waals surface area contributed by atoms with Gasteiger partial charge in [-0.15, -0.1) is 0 Å². The fourth-order valence-electron chi connectivity index (χ4n) is 2.19. The second-order valence-corrected chi connectivity index (χ2v) is 6.20. The minimum Gasteiger partial charge on any atom is -0.439 e. The van der Waals surface area contributed by atoms with Gasteiger partial charge in [0.1, 0.15) is 0 Å². The van der Waals surface area contributed by atoms with Crippen LogP contribution in [0.5, 0.6) is 0 Å². The number of rotatable bonds is 3. The topological polar surface area (TPSA) is 47.3 Å². The Bertz CT molecular complexity index is 611. The van der Waals surface area contributed by atoms with E-state index < -0.39 is 0 Å². The molecule has 0 saturated heterocycles. The number of benzene rings is 1. The molecule has 4 nitrogen and oxygen atoms in total. The molecule has 1 aliphatic heterocycles. The molecule has 0 atom stereocenters. The summed E-state index contributed by atoms with van der Waals surface area (Å²) in [6.45, 7) is 8.41. The number of ether oxygens (including phenoxy) is 1. The maximum absolute atomic E-state index is 5.81. The zero-order valence-electron chi connectivity index (χ0n) is 12.2. The average Bonchev–Trinajstić information content (AvgIpc) is 3.03. The summed E-state index contributed by atoms with van der Waals surface area (Å²) in [6, 6.07) is 6.30. The van der Waals surface area contributed by atoms with Gasteiger partial charge in [0.15, 0.2) is 5.76 Å². The molecule has 1 N–H and O–H groups in total. The van der Waals surface area contributed by atoms with Crippen LogP contribution in [0.1, 0.15) is 37.8 Å². The van der Waals surface area contributed by atoms with Gasteiger partial charge in [-0.1, -0.05) is 12.1 Å². The van der Waals surface area contributed by atoms with Crippen LogP contribution in [-0.2, 0) is 24.5 Å². The highest BCUT2D eigenvalue weighted by molar-refractivity contribution is 5.59. The van der Waals surface area contributed by atoms with Crippen molar-refractivity contribution in [2.45, 2.75) is 46.1 Å². The summed E-state index contributed by atoms with van der Waals surface area (Å²) in [7, 11) is 0. The predicted octanol–water partition coefficient (Wildman–Crippen LogP) is 3.26. The van der Waals surface area contributed by atoms with E-state index in [1.54, 1.807) is 6.20 Å². The Hall–Kier alpha value is -1.65. The van der Waals surface area contributed by atoms with Crippen LogP contribution in [0.2, 0.25) is 0 Å². The zero-order valence-corrected chi connectivity index (χ0v) is 12.2.